The first-order valence-electron chi connectivity index (χ1n) is 9.80. The first-order valence-corrected chi connectivity index (χ1v) is 11.6. The molecule has 0 saturated heterocycles. The van der Waals surface area contributed by atoms with Crippen molar-refractivity contribution in [1.82, 2.24) is 5.32 Å². The number of benzene rings is 2. The number of amides is 1. The third kappa shape index (κ3) is 6.66. The summed E-state index contributed by atoms with van der Waals surface area (Å²) in [6, 6.07) is 12.5. The van der Waals surface area contributed by atoms with Crippen molar-refractivity contribution in [3.05, 3.63) is 53.6 Å². The molecule has 30 heavy (non-hydrogen) atoms. The predicted molar refractivity (Wildman–Crippen MR) is 119 cm³/mol. The van der Waals surface area contributed by atoms with Gasteiger partial charge in [-0.1, -0.05) is 24.6 Å². The van der Waals surface area contributed by atoms with Crippen LogP contribution in [0.25, 0.3) is 0 Å². The molecule has 0 radical (unpaired) electrons. The molecule has 1 N–H and O–H groups in total. The van der Waals surface area contributed by atoms with Gasteiger partial charge in [0.25, 0.3) is 5.91 Å². The molecule has 2 aromatic carbocycles. The van der Waals surface area contributed by atoms with Gasteiger partial charge in [0.1, 0.15) is 18.1 Å². The van der Waals surface area contributed by atoms with Crippen LogP contribution in [0.4, 0.5) is 5.69 Å². The molecule has 7 nitrogen and oxygen atoms in total. The molecule has 1 amide bonds. The number of hydrogen-bond acceptors (Lipinski definition) is 5. The molecular weight excluding hydrogens is 404 g/mol. The van der Waals surface area contributed by atoms with Gasteiger partial charge in [-0.15, -0.1) is 0 Å². The van der Waals surface area contributed by atoms with Gasteiger partial charge in [0.15, 0.2) is 6.10 Å². The Labute approximate surface area is 179 Å². The second kappa shape index (κ2) is 10.3. The van der Waals surface area contributed by atoms with E-state index in [2.05, 4.69) is 5.32 Å². The molecule has 0 fully saturated rings. The summed E-state index contributed by atoms with van der Waals surface area (Å²) in [7, 11) is -1.85. The zero-order valence-corrected chi connectivity index (χ0v) is 19.0. The van der Waals surface area contributed by atoms with Gasteiger partial charge in [0.05, 0.1) is 18.5 Å². The second-order valence-corrected chi connectivity index (χ2v) is 9.16. The molecule has 8 heteroatoms. The summed E-state index contributed by atoms with van der Waals surface area (Å²) in [5.74, 6) is 1.07. The SMILES string of the molecule is CC[C@@H](Oc1ccc(N(C)S(C)(=O)=O)cc1)C(=O)NCCOc1ccc(C)cc1C. The van der Waals surface area contributed by atoms with Crippen molar-refractivity contribution in [3.8, 4) is 11.5 Å². The number of hydrogen-bond donors (Lipinski definition) is 1. The molecular formula is C22H30N2O5S. The lowest BCUT2D eigenvalue weighted by Crippen LogP contribution is -2.39. The molecule has 0 aliphatic heterocycles. The van der Waals surface area contributed by atoms with E-state index in [1.165, 1.54) is 16.9 Å². The van der Waals surface area contributed by atoms with E-state index in [1.54, 1.807) is 24.3 Å². The Kier molecular flexibility index (Phi) is 8.11. The van der Waals surface area contributed by atoms with Gasteiger partial charge in [-0.25, -0.2) is 8.42 Å². The highest BCUT2D eigenvalue weighted by molar-refractivity contribution is 7.92. The van der Waals surface area contributed by atoms with Crippen molar-refractivity contribution < 1.29 is 22.7 Å². The second-order valence-electron chi connectivity index (χ2n) is 7.15. The van der Waals surface area contributed by atoms with Crippen LogP contribution in [0.5, 0.6) is 11.5 Å². The maximum absolute atomic E-state index is 12.4. The molecule has 0 bridgehead atoms. The number of nitrogens with zero attached hydrogens (tertiary/aromatic N) is 1. The molecule has 0 unspecified atom stereocenters. The van der Waals surface area contributed by atoms with Gasteiger partial charge in [0, 0.05) is 7.05 Å². The number of rotatable bonds is 10. The first-order chi connectivity index (χ1) is 14.1. The number of anilines is 1. The van der Waals surface area contributed by atoms with Crippen LogP contribution in [0.1, 0.15) is 24.5 Å². The molecule has 164 valence electrons. The van der Waals surface area contributed by atoms with E-state index in [-0.39, 0.29) is 5.91 Å². The van der Waals surface area contributed by atoms with Gasteiger partial charge >= 0.3 is 0 Å². The molecule has 0 aromatic heterocycles. The molecule has 0 saturated carbocycles. The van der Waals surface area contributed by atoms with Gasteiger partial charge in [0.2, 0.25) is 10.0 Å². The predicted octanol–water partition coefficient (Wildman–Crippen LogP) is 3.05. The van der Waals surface area contributed by atoms with Crippen molar-refractivity contribution in [3.63, 3.8) is 0 Å². The Morgan fingerprint density at radius 2 is 1.80 bits per heavy atom. The van der Waals surface area contributed by atoms with Crippen LogP contribution >= 0.6 is 0 Å². The number of nitrogens with one attached hydrogen (secondary N) is 1. The molecule has 0 aliphatic rings. The summed E-state index contributed by atoms with van der Waals surface area (Å²) in [5.41, 5.74) is 2.75. The monoisotopic (exact) mass is 434 g/mol. The molecule has 1 atom stereocenters. The number of carbonyl (C=O) groups excluding carboxylic acids is 1. The van der Waals surface area contributed by atoms with Gasteiger partial charge in [-0.2, -0.15) is 0 Å². The Morgan fingerprint density at radius 3 is 2.37 bits per heavy atom. The molecule has 0 spiro atoms. The largest absolute Gasteiger partial charge is 0.491 e. The van der Waals surface area contributed by atoms with Crippen molar-refractivity contribution >= 4 is 21.6 Å². The number of sulfonamides is 1. The lowest BCUT2D eigenvalue weighted by molar-refractivity contribution is -0.128. The quantitative estimate of drug-likeness (QED) is 0.581. The minimum Gasteiger partial charge on any atom is -0.491 e. The van der Waals surface area contributed by atoms with Crippen molar-refractivity contribution in [2.75, 3.05) is 30.8 Å². The Bertz CT molecular complexity index is 958. The van der Waals surface area contributed by atoms with Crippen LogP contribution < -0.4 is 19.1 Å². The summed E-state index contributed by atoms with van der Waals surface area (Å²) in [4.78, 5) is 12.4. The average Bonchev–Trinajstić information content (AvgIpc) is 2.69. The highest BCUT2D eigenvalue weighted by atomic mass is 32.2. The highest BCUT2D eigenvalue weighted by Crippen LogP contribution is 2.21. The summed E-state index contributed by atoms with van der Waals surface area (Å²) >= 11 is 0. The summed E-state index contributed by atoms with van der Waals surface area (Å²) < 4.78 is 35.9. The molecule has 2 aromatic rings. The maximum Gasteiger partial charge on any atom is 0.261 e. The van der Waals surface area contributed by atoms with E-state index >= 15 is 0 Å². The van der Waals surface area contributed by atoms with E-state index in [1.807, 2.05) is 39.0 Å². The fourth-order valence-electron chi connectivity index (χ4n) is 2.82. The maximum atomic E-state index is 12.4. The molecule has 0 heterocycles. The van der Waals surface area contributed by atoms with Crippen LogP contribution in [0.2, 0.25) is 0 Å². The van der Waals surface area contributed by atoms with E-state index in [4.69, 9.17) is 9.47 Å². The lowest BCUT2D eigenvalue weighted by Gasteiger charge is -2.19. The zero-order valence-electron chi connectivity index (χ0n) is 18.1. The summed E-state index contributed by atoms with van der Waals surface area (Å²) in [6.07, 6.45) is 0.984. The minimum atomic E-state index is -3.33. The molecule has 2 rings (SSSR count). The topological polar surface area (TPSA) is 84.9 Å². The van der Waals surface area contributed by atoms with Gasteiger partial charge in [-0.05, 0) is 56.2 Å². The standard InChI is InChI=1S/C22H30N2O5S/c1-6-20(29-19-10-8-18(9-11-19)24(4)30(5,26)27)22(25)23-13-14-28-21-12-7-16(2)15-17(21)3/h7-12,15,20H,6,13-14H2,1-5H3,(H,23,25)/t20-/m1/s1. The van der Waals surface area contributed by atoms with Crippen LogP contribution in [0.3, 0.4) is 0 Å². The number of carbonyl (C=O) groups is 1. The normalized spacial score (nSPS) is 12.2. The van der Waals surface area contributed by atoms with Gasteiger partial charge in [-0.3, -0.25) is 9.10 Å². The van der Waals surface area contributed by atoms with Crippen LogP contribution in [0.15, 0.2) is 42.5 Å². The minimum absolute atomic E-state index is 0.223. The average molecular weight is 435 g/mol. The van der Waals surface area contributed by atoms with E-state index in [0.29, 0.717) is 31.0 Å². The van der Waals surface area contributed by atoms with E-state index in [9.17, 15) is 13.2 Å². The van der Waals surface area contributed by atoms with Crippen molar-refractivity contribution in [1.29, 1.82) is 0 Å². The third-order valence-corrected chi connectivity index (χ3v) is 5.83. The summed E-state index contributed by atoms with van der Waals surface area (Å²) in [6.45, 7) is 6.60. The Morgan fingerprint density at radius 1 is 1.13 bits per heavy atom. The zero-order chi connectivity index (χ0) is 22.3. The van der Waals surface area contributed by atoms with E-state index in [0.717, 1.165) is 17.6 Å². The number of aryl methyl sites for hydroxylation is 2. The fourth-order valence-corrected chi connectivity index (χ4v) is 3.33. The van der Waals surface area contributed by atoms with Crippen LogP contribution in [0, 0.1) is 13.8 Å². The Hall–Kier alpha value is -2.74. The summed E-state index contributed by atoms with van der Waals surface area (Å²) in [5, 5.41) is 2.83. The van der Waals surface area contributed by atoms with Crippen molar-refractivity contribution in [2.24, 2.45) is 0 Å². The van der Waals surface area contributed by atoms with E-state index < -0.39 is 16.1 Å². The fraction of sp³-hybridized carbons (Fsp3) is 0.409. The van der Waals surface area contributed by atoms with Crippen LogP contribution in [-0.2, 0) is 14.8 Å². The first kappa shape index (κ1) is 23.5. The molecule has 0 aliphatic carbocycles. The third-order valence-electron chi connectivity index (χ3n) is 4.63. The van der Waals surface area contributed by atoms with Crippen LogP contribution in [-0.4, -0.2) is 46.9 Å². The number of ether oxygens (including phenoxy) is 2. The smallest absolute Gasteiger partial charge is 0.261 e. The van der Waals surface area contributed by atoms with Crippen molar-refractivity contribution in [2.45, 2.75) is 33.3 Å². The van der Waals surface area contributed by atoms with Gasteiger partial charge < -0.3 is 14.8 Å². The Balaban J connectivity index is 1.85. The lowest BCUT2D eigenvalue weighted by atomic mass is 10.1. The highest BCUT2D eigenvalue weighted by Gasteiger charge is 2.18.